The Kier molecular flexibility index (Phi) is 4.17. The normalized spacial score (nSPS) is 10.8. The Hall–Kier alpha value is -3.13. The Bertz CT molecular complexity index is 955. The summed E-state index contributed by atoms with van der Waals surface area (Å²) in [7, 11) is 2.12. The SMILES string of the molecule is C[n+]1cn(Cc2ccccc2)c(-c2ccccc2)c1-c1ccccc1. The molecule has 122 valence electrons. The summed E-state index contributed by atoms with van der Waals surface area (Å²) in [6.45, 7) is 0.853. The summed E-state index contributed by atoms with van der Waals surface area (Å²) in [5.41, 5.74) is 6.25. The third-order valence-corrected chi connectivity index (χ3v) is 4.47. The van der Waals surface area contributed by atoms with E-state index in [4.69, 9.17) is 0 Å². The summed E-state index contributed by atoms with van der Waals surface area (Å²) < 4.78 is 4.56. The van der Waals surface area contributed by atoms with Crippen molar-refractivity contribution in [3.05, 3.63) is 103 Å². The van der Waals surface area contributed by atoms with Crippen LogP contribution < -0.4 is 4.57 Å². The molecule has 0 bridgehead atoms. The van der Waals surface area contributed by atoms with Gasteiger partial charge in [-0.25, -0.2) is 9.13 Å². The quantitative estimate of drug-likeness (QED) is 0.481. The van der Waals surface area contributed by atoms with E-state index < -0.39 is 0 Å². The molecule has 4 rings (SSSR count). The second-order valence-corrected chi connectivity index (χ2v) is 6.27. The lowest BCUT2D eigenvalue weighted by molar-refractivity contribution is -0.660. The predicted octanol–water partition coefficient (Wildman–Crippen LogP) is 4.69. The van der Waals surface area contributed by atoms with E-state index in [1.165, 1.54) is 28.1 Å². The molecule has 0 saturated carbocycles. The summed E-state index contributed by atoms with van der Waals surface area (Å²) in [5, 5.41) is 0. The molecule has 0 N–H and O–H groups in total. The molecule has 0 aliphatic rings. The highest BCUT2D eigenvalue weighted by molar-refractivity contribution is 5.76. The lowest BCUT2D eigenvalue weighted by Gasteiger charge is -2.05. The Morgan fingerprint density at radius 1 is 0.680 bits per heavy atom. The molecule has 1 aromatic heterocycles. The summed E-state index contributed by atoms with van der Waals surface area (Å²) in [6, 6.07) is 31.8. The fourth-order valence-corrected chi connectivity index (χ4v) is 3.36. The Balaban J connectivity index is 1.90. The lowest BCUT2D eigenvalue weighted by Crippen LogP contribution is -2.27. The molecule has 0 amide bonds. The number of benzene rings is 3. The monoisotopic (exact) mass is 325 g/mol. The van der Waals surface area contributed by atoms with Gasteiger partial charge in [-0.1, -0.05) is 91.0 Å². The van der Waals surface area contributed by atoms with Gasteiger partial charge < -0.3 is 0 Å². The van der Waals surface area contributed by atoms with Crippen molar-refractivity contribution in [2.24, 2.45) is 7.05 Å². The van der Waals surface area contributed by atoms with Crippen LogP contribution in [0.25, 0.3) is 22.5 Å². The zero-order valence-corrected chi connectivity index (χ0v) is 14.3. The highest BCUT2D eigenvalue weighted by Gasteiger charge is 2.24. The Morgan fingerprint density at radius 2 is 1.20 bits per heavy atom. The van der Waals surface area contributed by atoms with Crippen molar-refractivity contribution in [2.45, 2.75) is 6.54 Å². The zero-order valence-electron chi connectivity index (χ0n) is 14.3. The number of rotatable bonds is 4. The molecule has 0 unspecified atom stereocenters. The molecular weight excluding hydrogens is 304 g/mol. The van der Waals surface area contributed by atoms with Crippen LogP contribution in [0, 0.1) is 0 Å². The van der Waals surface area contributed by atoms with E-state index in [1.54, 1.807) is 0 Å². The van der Waals surface area contributed by atoms with Crippen LogP contribution in [0.1, 0.15) is 5.56 Å². The van der Waals surface area contributed by atoms with Crippen molar-refractivity contribution in [1.82, 2.24) is 4.57 Å². The number of hydrogen-bond acceptors (Lipinski definition) is 0. The van der Waals surface area contributed by atoms with Crippen molar-refractivity contribution in [1.29, 1.82) is 0 Å². The zero-order chi connectivity index (χ0) is 17.1. The molecule has 3 aromatic carbocycles. The van der Waals surface area contributed by atoms with Gasteiger partial charge in [0, 0.05) is 11.1 Å². The molecule has 0 saturated heterocycles. The van der Waals surface area contributed by atoms with Gasteiger partial charge in [-0.2, -0.15) is 0 Å². The van der Waals surface area contributed by atoms with E-state index in [9.17, 15) is 0 Å². The summed E-state index contributed by atoms with van der Waals surface area (Å²) in [5.74, 6) is 0. The minimum Gasteiger partial charge on any atom is -0.232 e. The molecule has 0 spiro atoms. The standard InChI is InChI=1S/C23H21N2/c1-24-18-25(17-19-11-5-2-6-12-19)23(21-15-9-4-10-16-21)22(24)20-13-7-3-8-14-20/h2-16,18H,17H2,1H3/q+1. The lowest BCUT2D eigenvalue weighted by atomic mass is 10.0. The van der Waals surface area contributed by atoms with Crippen LogP contribution in [0.2, 0.25) is 0 Å². The average Bonchev–Trinajstić information content (AvgIpc) is 2.99. The van der Waals surface area contributed by atoms with E-state index in [-0.39, 0.29) is 0 Å². The van der Waals surface area contributed by atoms with E-state index in [2.05, 4.69) is 114 Å². The van der Waals surface area contributed by atoms with Crippen LogP contribution in [0.4, 0.5) is 0 Å². The third-order valence-electron chi connectivity index (χ3n) is 4.47. The number of nitrogens with zero attached hydrogens (tertiary/aromatic N) is 2. The number of hydrogen-bond donors (Lipinski definition) is 0. The van der Waals surface area contributed by atoms with Gasteiger partial charge in [-0.15, -0.1) is 0 Å². The molecule has 25 heavy (non-hydrogen) atoms. The summed E-state index contributed by atoms with van der Waals surface area (Å²) in [4.78, 5) is 0. The largest absolute Gasteiger partial charge is 0.244 e. The summed E-state index contributed by atoms with van der Waals surface area (Å²) in [6.07, 6.45) is 2.19. The van der Waals surface area contributed by atoms with Gasteiger partial charge in [0.25, 0.3) is 0 Å². The maximum atomic E-state index is 2.34. The first kappa shape index (κ1) is 15.4. The first-order valence-electron chi connectivity index (χ1n) is 8.56. The van der Waals surface area contributed by atoms with E-state index >= 15 is 0 Å². The van der Waals surface area contributed by atoms with Crippen molar-refractivity contribution in [2.75, 3.05) is 0 Å². The third kappa shape index (κ3) is 3.11. The van der Waals surface area contributed by atoms with Crippen molar-refractivity contribution >= 4 is 0 Å². The maximum absolute atomic E-state index is 2.34. The minimum atomic E-state index is 0.853. The smallest absolute Gasteiger partial charge is 0.232 e. The number of aromatic nitrogens is 2. The van der Waals surface area contributed by atoms with Crippen molar-refractivity contribution in [3.8, 4) is 22.5 Å². The highest BCUT2D eigenvalue weighted by Crippen LogP contribution is 2.30. The molecule has 2 nitrogen and oxygen atoms in total. The first-order valence-corrected chi connectivity index (χ1v) is 8.56. The van der Waals surface area contributed by atoms with Gasteiger partial charge in [0.05, 0.1) is 7.05 Å². The molecule has 0 fully saturated rings. The van der Waals surface area contributed by atoms with E-state index in [0.29, 0.717) is 0 Å². The second-order valence-electron chi connectivity index (χ2n) is 6.27. The summed E-state index contributed by atoms with van der Waals surface area (Å²) >= 11 is 0. The van der Waals surface area contributed by atoms with Crippen LogP contribution >= 0.6 is 0 Å². The van der Waals surface area contributed by atoms with Crippen LogP contribution in [-0.2, 0) is 13.6 Å². The van der Waals surface area contributed by atoms with Crippen LogP contribution in [0.5, 0.6) is 0 Å². The van der Waals surface area contributed by atoms with Gasteiger partial charge in [-0.3, -0.25) is 0 Å². The van der Waals surface area contributed by atoms with Crippen LogP contribution in [-0.4, -0.2) is 4.57 Å². The fraction of sp³-hybridized carbons (Fsp3) is 0.0870. The number of imidazole rings is 1. The Labute approximate surface area is 148 Å². The van der Waals surface area contributed by atoms with E-state index in [0.717, 1.165) is 6.54 Å². The van der Waals surface area contributed by atoms with Crippen LogP contribution in [0.15, 0.2) is 97.3 Å². The van der Waals surface area contributed by atoms with Gasteiger partial charge in [0.1, 0.15) is 6.54 Å². The van der Waals surface area contributed by atoms with Crippen molar-refractivity contribution < 1.29 is 4.57 Å². The fourth-order valence-electron chi connectivity index (χ4n) is 3.36. The molecule has 1 heterocycles. The molecule has 0 radical (unpaired) electrons. The first-order chi connectivity index (χ1) is 12.3. The molecule has 4 aromatic rings. The number of aryl methyl sites for hydroxylation is 1. The maximum Gasteiger partial charge on any atom is 0.244 e. The Morgan fingerprint density at radius 3 is 1.80 bits per heavy atom. The molecular formula is C23H21N2+. The van der Waals surface area contributed by atoms with E-state index in [1.807, 2.05) is 0 Å². The second kappa shape index (κ2) is 6.78. The average molecular weight is 325 g/mol. The molecule has 0 atom stereocenters. The van der Waals surface area contributed by atoms with Gasteiger partial charge in [0.2, 0.25) is 6.33 Å². The minimum absolute atomic E-state index is 0.853. The van der Waals surface area contributed by atoms with Gasteiger partial charge in [-0.05, 0) is 5.56 Å². The van der Waals surface area contributed by atoms with Crippen molar-refractivity contribution in [3.63, 3.8) is 0 Å². The van der Waals surface area contributed by atoms with Gasteiger partial charge >= 0.3 is 0 Å². The van der Waals surface area contributed by atoms with Gasteiger partial charge in [0.15, 0.2) is 11.4 Å². The van der Waals surface area contributed by atoms with Crippen LogP contribution in [0.3, 0.4) is 0 Å². The highest BCUT2D eigenvalue weighted by atomic mass is 15.1. The predicted molar refractivity (Wildman–Crippen MR) is 102 cm³/mol. The molecule has 0 aliphatic carbocycles. The molecule has 0 aliphatic heterocycles. The topological polar surface area (TPSA) is 8.81 Å². The molecule has 2 heteroatoms.